The van der Waals surface area contributed by atoms with Gasteiger partial charge in [-0.15, -0.1) is 0 Å². The first-order valence-electron chi connectivity index (χ1n) is 4.28. The van der Waals surface area contributed by atoms with Crippen LogP contribution in [0.3, 0.4) is 0 Å². The highest BCUT2D eigenvalue weighted by Gasteiger charge is 2.21. The lowest BCUT2D eigenvalue weighted by Crippen LogP contribution is -2.11. The van der Waals surface area contributed by atoms with Gasteiger partial charge in [-0.05, 0) is 28.9 Å². The fourth-order valence-corrected chi connectivity index (χ4v) is 1.44. The molecule has 0 unspecified atom stereocenters. The van der Waals surface area contributed by atoms with E-state index in [-0.39, 0.29) is 11.2 Å². The fraction of sp³-hybridized carbons (Fsp3) is 0.333. The summed E-state index contributed by atoms with van der Waals surface area (Å²) in [5.74, 6) is -2.11. The van der Waals surface area contributed by atoms with Gasteiger partial charge in [0.15, 0.2) is 11.5 Å². The Kier molecular flexibility index (Phi) is 4.28. The maximum Gasteiger partial charge on any atom is 0.360 e. The molecule has 1 aromatic heterocycles. The number of pyridine rings is 1. The highest BCUT2D eigenvalue weighted by molar-refractivity contribution is 9.10. The average Bonchev–Trinajstić information content (AvgIpc) is 2.20. The first-order valence-corrected chi connectivity index (χ1v) is 5.07. The summed E-state index contributed by atoms with van der Waals surface area (Å²) in [5.41, 5.74) is -1.22. The summed E-state index contributed by atoms with van der Waals surface area (Å²) in [4.78, 5) is 14.6. The van der Waals surface area contributed by atoms with Crippen LogP contribution in [0.15, 0.2) is 10.7 Å². The third kappa shape index (κ3) is 2.72. The number of rotatable bonds is 3. The largest absolute Gasteiger partial charge is 0.461 e. The maximum atomic E-state index is 13.2. The van der Waals surface area contributed by atoms with E-state index in [1.54, 1.807) is 6.92 Å². The van der Waals surface area contributed by atoms with Gasteiger partial charge < -0.3 is 4.74 Å². The molecule has 0 saturated carbocycles. The Morgan fingerprint density at radius 1 is 1.62 bits per heavy atom. The Labute approximate surface area is 97.8 Å². The summed E-state index contributed by atoms with van der Waals surface area (Å²) < 4.78 is 42.2. The van der Waals surface area contributed by atoms with Crippen molar-refractivity contribution in [3.63, 3.8) is 0 Å². The van der Waals surface area contributed by atoms with Crippen LogP contribution >= 0.6 is 15.9 Å². The number of nitrogens with zero attached hydrogens (tertiary/aromatic N) is 1. The zero-order valence-electron chi connectivity index (χ0n) is 8.14. The predicted octanol–water partition coefficient (Wildman–Crippen LogP) is 3.10. The molecule has 0 spiro atoms. The molecule has 0 atom stereocenters. The minimum atomic E-state index is -2.87. The van der Waals surface area contributed by atoms with Gasteiger partial charge in [0.05, 0.1) is 12.2 Å². The number of ether oxygens (including phenoxy) is 1. The molecule has 0 aliphatic heterocycles. The molecule has 1 heterocycles. The van der Waals surface area contributed by atoms with Crippen LogP contribution in [0.4, 0.5) is 13.2 Å². The monoisotopic (exact) mass is 297 g/mol. The van der Waals surface area contributed by atoms with Crippen LogP contribution in [0.25, 0.3) is 0 Å². The second-order valence-electron chi connectivity index (χ2n) is 2.72. The predicted molar refractivity (Wildman–Crippen MR) is 52.8 cm³/mol. The lowest BCUT2D eigenvalue weighted by atomic mass is 10.2. The molecule has 0 fully saturated rings. The van der Waals surface area contributed by atoms with E-state index in [1.807, 2.05) is 0 Å². The summed E-state index contributed by atoms with van der Waals surface area (Å²) in [6.07, 6.45) is -2.87. The number of alkyl halides is 2. The number of hydrogen-bond acceptors (Lipinski definition) is 3. The van der Waals surface area contributed by atoms with Gasteiger partial charge in [0.1, 0.15) is 4.60 Å². The maximum absolute atomic E-state index is 13.2. The molecule has 7 heteroatoms. The molecular formula is C9H7BrF3NO2. The van der Waals surface area contributed by atoms with E-state index in [9.17, 15) is 18.0 Å². The smallest absolute Gasteiger partial charge is 0.360 e. The Bertz CT molecular complexity index is 412. The molecule has 0 aromatic carbocycles. The number of halogens is 4. The van der Waals surface area contributed by atoms with Gasteiger partial charge in [0.25, 0.3) is 6.43 Å². The summed E-state index contributed by atoms with van der Waals surface area (Å²) >= 11 is 2.74. The number of carbonyl (C=O) groups is 1. The van der Waals surface area contributed by atoms with E-state index < -0.39 is 29.5 Å². The van der Waals surface area contributed by atoms with Crippen LogP contribution in [-0.2, 0) is 4.74 Å². The standard InChI is InChI=1S/C9H7BrF3NO2/c1-2-16-9(15)6-5(11)3-4(8(12)13)7(10)14-6/h3,8H,2H2,1H3. The van der Waals surface area contributed by atoms with Crippen molar-refractivity contribution in [1.82, 2.24) is 4.98 Å². The fourth-order valence-electron chi connectivity index (χ4n) is 0.976. The van der Waals surface area contributed by atoms with Crippen LogP contribution in [-0.4, -0.2) is 17.6 Å². The van der Waals surface area contributed by atoms with Crippen molar-refractivity contribution in [1.29, 1.82) is 0 Å². The van der Waals surface area contributed by atoms with Gasteiger partial charge in [-0.2, -0.15) is 0 Å². The van der Waals surface area contributed by atoms with Gasteiger partial charge in [0.2, 0.25) is 0 Å². The van der Waals surface area contributed by atoms with E-state index in [0.717, 1.165) is 0 Å². The molecule has 0 N–H and O–H groups in total. The number of carbonyl (C=O) groups excluding carboxylic acids is 1. The third-order valence-corrected chi connectivity index (χ3v) is 2.30. The van der Waals surface area contributed by atoms with Gasteiger partial charge in [-0.3, -0.25) is 0 Å². The first kappa shape index (κ1) is 13.0. The van der Waals surface area contributed by atoms with E-state index >= 15 is 0 Å². The lowest BCUT2D eigenvalue weighted by Gasteiger charge is -2.06. The van der Waals surface area contributed by atoms with Crippen molar-refractivity contribution < 1.29 is 22.7 Å². The second-order valence-corrected chi connectivity index (χ2v) is 3.47. The minimum Gasteiger partial charge on any atom is -0.461 e. The second kappa shape index (κ2) is 5.29. The van der Waals surface area contributed by atoms with Gasteiger partial charge >= 0.3 is 5.97 Å². The van der Waals surface area contributed by atoms with Crippen molar-refractivity contribution in [3.05, 3.63) is 27.7 Å². The number of hydrogen-bond donors (Lipinski definition) is 0. The third-order valence-electron chi connectivity index (χ3n) is 1.66. The highest BCUT2D eigenvalue weighted by atomic mass is 79.9. The quantitative estimate of drug-likeness (QED) is 0.636. The normalized spacial score (nSPS) is 10.6. The first-order chi connectivity index (χ1) is 7.47. The Morgan fingerprint density at radius 3 is 2.75 bits per heavy atom. The molecule has 88 valence electrons. The van der Waals surface area contributed by atoms with Crippen LogP contribution < -0.4 is 0 Å². The van der Waals surface area contributed by atoms with Crippen LogP contribution in [0, 0.1) is 5.82 Å². The molecule has 1 aromatic rings. The molecule has 0 aliphatic rings. The molecule has 0 radical (unpaired) electrons. The van der Waals surface area contributed by atoms with Crippen molar-refractivity contribution in [2.45, 2.75) is 13.3 Å². The zero-order valence-corrected chi connectivity index (χ0v) is 9.72. The van der Waals surface area contributed by atoms with E-state index in [2.05, 4.69) is 25.7 Å². The molecule has 3 nitrogen and oxygen atoms in total. The SMILES string of the molecule is CCOC(=O)c1nc(Br)c(C(F)F)cc1F. The summed E-state index contributed by atoms with van der Waals surface area (Å²) in [6, 6.07) is 0.563. The Balaban J connectivity index is 3.15. The van der Waals surface area contributed by atoms with Crippen molar-refractivity contribution in [3.8, 4) is 0 Å². The van der Waals surface area contributed by atoms with Crippen molar-refractivity contribution in [2.24, 2.45) is 0 Å². The van der Waals surface area contributed by atoms with Crippen molar-refractivity contribution >= 4 is 21.9 Å². The van der Waals surface area contributed by atoms with E-state index in [0.29, 0.717) is 6.07 Å². The van der Waals surface area contributed by atoms with Crippen molar-refractivity contribution in [2.75, 3.05) is 6.61 Å². The van der Waals surface area contributed by atoms with E-state index in [4.69, 9.17) is 0 Å². The van der Waals surface area contributed by atoms with Gasteiger partial charge in [-0.25, -0.2) is 22.9 Å². The molecule has 1 rings (SSSR count). The lowest BCUT2D eigenvalue weighted by molar-refractivity contribution is 0.0512. The van der Waals surface area contributed by atoms with E-state index in [1.165, 1.54) is 0 Å². The zero-order chi connectivity index (χ0) is 12.3. The molecular weight excluding hydrogens is 291 g/mol. The molecule has 16 heavy (non-hydrogen) atoms. The highest BCUT2D eigenvalue weighted by Crippen LogP contribution is 2.27. The molecule has 0 saturated heterocycles. The van der Waals surface area contributed by atoms with Crippen LogP contribution in [0.2, 0.25) is 0 Å². The Hall–Kier alpha value is -1.11. The topological polar surface area (TPSA) is 39.2 Å². The van der Waals surface area contributed by atoms with Gasteiger partial charge in [0, 0.05) is 0 Å². The molecule has 0 bridgehead atoms. The minimum absolute atomic E-state index is 0.0498. The summed E-state index contributed by atoms with van der Waals surface area (Å²) in [5, 5.41) is 0. The van der Waals surface area contributed by atoms with Crippen LogP contribution in [0.5, 0.6) is 0 Å². The average molecular weight is 298 g/mol. The van der Waals surface area contributed by atoms with Crippen LogP contribution in [0.1, 0.15) is 29.4 Å². The number of aromatic nitrogens is 1. The number of esters is 1. The Morgan fingerprint density at radius 2 is 2.25 bits per heavy atom. The summed E-state index contributed by atoms with van der Waals surface area (Å²) in [7, 11) is 0. The van der Waals surface area contributed by atoms with Gasteiger partial charge in [-0.1, -0.05) is 0 Å². The summed E-state index contributed by atoms with van der Waals surface area (Å²) in [6.45, 7) is 1.59. The molecule has 0 amide bonds. The molecule has 0 aliphatic carbocycles.